The molecule has 0 amide bonds. The molecule has 1 aliphatic rings. The zero-order chi connectivity index (χ0) is 18.9. The van der Waals surface area contributed by atoms with Crippen LogP contribution < -0.4 is 10.1 Å². The SMILES string of the molecule is CC1(CC(=S)Nc2ccccc2)CCc2cc(O)c(C(C)(C)C)cc2O1. The van der Waals surface area contributed by atoms with Gasteiger partial charge in [-0.25, -0.2) is 0 Å². The Kier molecular flexibility index (Phi) is 4.98. The van der Waals surface area contributed by atoms with Gasteiger partial charge in [0.05, 0.1) is 4.99 Å². The molecule has 0 radical (unpaired) electrons. The number of ether oxygens (including phenoxy) is 1. The predicted octanol–water partition coefficient (Wildman–Crippen LogP) is 5.60. The zero-order valence-corrected chi connectivity index (χ0v) is 16.7. The van der Waals surface area contributed by atoms with Crippen LogP contribution in [0.5, 0.6) is 11.5 Å². The molecule has 1 unspecified atom stereocenters. The number of aryl methyl sites for hydroxylation is 1. The van der Waals surface area contributed by atoms with Crippen molar-refractivity contribution in [3.05, 3.63) is 53.6 Å². The number of benzene rings is 2. The molecule has 0 bridgehead atoms. The van der Waals surface area contributed by atoms with E-state index < -0.39 is 0 Å². The van der Waals surface area contributed by atoms with Gasteiger partial charge < -0.3 is 15.2 Å². The van der Waals surface area contributed by atoms with Gasteiger partial charge in [0.1, 0.15) is 17.1 Å². The Hall–Kier alpha value is -2.07. The monoisotopic (exact) mass is 369 g/mol. The Morgan fingerprint density at radius 1 is 1.23 bits per heavy atom. The first-order chi connectivity index (χ1) is 12.2. The van der Waals surface area contributed by atoms with E-state index in [0.29, 0.717) is 12.2 Å². The van der Waals surface area contributed by atoms with Crippen LogP contribution in [0, 0.1) is 0 Å². The highest BCUT2D eigenvalue weighted by Crippen LogP contribution is 2.41. The molecule has 1 heterocycles. The minimum atomic E-state index is -0.349. The molecule has 2 N–H and O–H groups in total. The minimum Gasteiger partial charge on any atom is -0.508 e. The Morgan fingerprint density at radius 3 is 2.58 bits per heavy atom. The summed E-state index contributed by atoms with van der Waals surface area (Å²) in [7, 11) is 0. The fraction of sp³-hybridized carbons (Fsp3) is 0.409. The van der Waals surface area contributed by atoms with Gasteiger partial charge in [0.25, 0.3) is 0 Å². The Morgan fingerprint density at radius 2 is 1.92 bits per heavy atom. The third-order valence-corrected chi connectivity index (χ3v) is 5.10. The second-order valence-electron chi connectivity index (χ2n) is 8.37. The lowest BCUT2D eigenvalue weighted by molar-refractivity contribution is 0.0726. The van der Waals surface area contributed by atoms with Gasteiger partial charge in [-0.3, -0.25) is 0 Å². The first-order valence-corrected chi connectivity index (χ1v) is 9.47. The number of hydrogen-bond donors (Lipinski definition) is 2. The molecule has 2 aromatic rings. The van der Waals surface area contributed by atoms with Gasteiger partial charge in [0.15, 0.2) is 0 Å². The van der Waals surface area contributed by atoms with Gasteiger partial charge in [-0.15, -0.1) is 0 Å². The summed E-state index contributed by atoms with van der Waals surface area (Å²) in [6.45, 7) is 8.39. The van der Waals surface area contributed by atoms with Crippen LogP contribution in [-0.2, 0) is 11.8 Å². The van der Waals surface area contributed by atoms with Crippen LogP contribution >= 0.6 is 12.2 Å². The van der Waals surface area contributed by atoms with E-state index in [1.807, 2.05) is 42.5 Å². The Bertz CT molecular complexity index is 811. The topological polar surface area (TPSA) is 41.5 Å². The molecule has 1 atom stereocenters. The molecular weight excluding hydrogens is 342 g/mol. The number of anilines is 1. The van der Waals surface area contributed by atoms with Crippen molar-refractivity contribution in [1.82, 2.24) is 0 Å². The number of hydrogen-bond acceptors (Lipinski definition) is 3. The highest BCUT2D eigenvalue weighted by Gasteiger charge is 2.34. The maximum Gasteiger partial charge on any atom is 0.123 e. The van der Waals surface area contributed by atoms with Gasteiger partial charge in [-0.2, -0.15) is 0 Å². The molecule has 26 heavy (non-hydrogen) atoms. The lowest BCUT2D eigenvalue weighted by Gasteiger charge is -2.37. The van der Waals surface area contributed by atoms with Crippen molar-refractivity contribution in [2.45, 2.75) is 58.0 Å². The van der Waals surface area contributed by atoms with Crippen LogP contribution in [0.4, 0.5) is 5.69 Å². The van der Waals surface area contributed by atoms with Crippen molar-refractivity contribution in [2.75, 3.05) is 5.32 Å². The summed E-state index contributed by atoms with van der Waals surface area (Å²) in [5, 5.41) is 13.7. The molecule has 0 fully saturated rings. The maximum atomic E-state index is 10.4. The third kappa shape index (κ3) is 4.18. The number of thiocarbonyl (C=S) groups is 1. The zero-order valence-electron chi connectivity index (χ0n) is 15.9. The van der Waals surface area contributed by atoms with E-state index in [1.165, 1.54) is 0 Å². The van der Waals surface area contributed by atoms with Gasteiger partial charge in [-0.05, 0) is 55.0 Å². The second-order valence-corrected chi connectivity index (χ2v) is 8.86. The van der Waals surface area contributed by atoms with Gasteiger partial charge in [0.2, 0.25) is 0 Å². The van der Waals surface area contributed by atoms with E-state index in [4.69, 9.17) is 17.0 Å². The van der Waals surface area contributed by atoms with Gasteiger partial charge >= 0.3 is 0 Å². The van der Waals surface area contributed by atoms with E-state index in [1.54, 1.807) is 0 Å². The van der Waals surface area contributed by atoms with E-state index in [9.17, 15) is 5.11 Å². The number of para-hydroxylation sites is 1. The quantitative estimate of drug-likeness (QED) is 0.691. The second kappa shape index (κ2) is 6.92. The predicted molar refractivity (Wildman–Crippen MR) is 111 cm³/mol. The molecule has 0 saturated heterocycles. The molecule has 1 aliphatic heterocycles. The van der Waals surface area contributed by atoms with Crippen molar-refractivity contribution >= 4 is 22.9 Å². The fourth-order valence-corrected chi connectivity index (χ4v) is 3.83. The summed E-state index contributed by atoms with van der Waals surface area (Å²) in [6.07, 6.45) is 2.39. The highest BCUT2D eigenvalue weighted by molar-refractivity contribution is 7.80. The van der Waals surface area contributed by atoms with E-state index >= 15 is 0 Å². The van der Waals surface area contributed by atoms with Crippen LogP contribution in [0.1, 0.15) is 51.7 Å². The summed E-state index contributed by atoms with van der Waals surface area (Å²) in [5.41, 5.74) is 2.48. The molecular formula is C22H27NO2S. The molecule has 138 valence electrons. The molecule has 0 saturated carbocycles. The first-order valence-electron chi connectivity index (χ1n) is 9.07. The van der Waals surface area contributed by atoms with Gasteiger partial charge in [-0.1, -0.05) is 51.2 Å². The van der Waals surface area contributed by atoms with Crippen LogP contribution in [0.3, 0.4) is 0 Å². The van der Waals surface area contributed by atoms with Crippen LogP contribution in [0.2, 0.25) is 0 Å². The molecule has 3 rings (SSSR count). The average molecular weight is 370 g/mol. The standard InChI is InChI=1S/C22H27NO2S/c1-21(2,3)17-13-19-15(12-18(17)24)10-11-22(4,25-19)14-20(26)23-16-8-6-5-7-9-16/h5-9,12-13,24H,10-11,14H2,1-4H3,(H,23,26). The lowest BCUT2D eigenvalue weighted by atomic mass is 9.83. The molecule has 0 aliphatic carbocycles. The molecule has 3 nitrogen and oxygen atoms in total. The van der Waals surface area contributed by atoms with Crippen LogP contribution in [-0.4, -0.2) is 15.7 Å². The van der Waals surface area contributed by atoms with E-state index in [-0.39, 0.29) is 11.0 Å². The number of nitrogens with one attached hydrogen (secondary N) is 1. The number of fused-ring (bicyclic) bond motifs is 1. The summed E-state index contributed by atoms with van der Waals surface area (Å²) >= 11 is 5.56. The number of phenolic OH excluding ortho intramolecular Hbond substituents is 1. The van der Waals surface area contributed by atoms with E-state index in [2.05, 4.69) is 33.0 Å². The smallest absolute Gasteiger partial charge is 0.123 e. The summed E-state index contributed by atoms with van der Waals surface area (Å²) in [5.74, 6) is 1.22. The maximum absolute atomic E-state index is 10.4. The average Bonchev–Trinajstić information content (AvgIpc) is 2.54. The number of rotatable bonds is 3. The fourth-order valence-electron chi connectivity index (χ4n) is 3.41. The van der Waals surface area contributed by atoms with Crippen LogP contribution in [0.15, 0.2) is 42.5 Å². The molecule has 2 aromatic carbocycles. The summed E-state index contributed by atoms with van der Waals surface area (Å²) in [6, 6.07) is 13.8. The Balaban J connectivity index is 1.76. The largest absolute Gasteiger partial charge is 0.508 e. The summed E-state index contributed by atoms with van der Waals surface area (Å²) in [4.78, 5) is 0.775. The summed E-state index contributed by atoms with van der Waals surface area (Å²) < 4.78 is 6.38. The van der Waals surface area contributed by atoms with Crippen LogP contribution in [0.25, 0.3) is 0 Å². The number of aromatic hydroxyl groups is 1. The minimum absolute atomic E-state index is 0.138. The van der Waals surface area contributed by atoms with Crippen molar-refractivity contribution in [3.63, 3.8) is 0 Å². The van der Waals surface area contributed by atoms with Gasteiger partial charge in [0, 0.05) is 17.7 Å². The highest BCUT2D eigenvalue weighted by atomic mass is 32.1. The molecule has 4 heteroatoms. The normalized spacial score (nSPS) is 19.4. The Labute approximate surface area is 161 Å². The first kappa shape index (κ1) is 18.7. The third-order valence-electron chi connectivity index (χ3n) is 4.86. The van der Waals surface area contributed by atoms with Crippen molar-refractivity contribution < 1.29 is 9.84 Å². The van der Waals surface area contributed by atoms with E-state index in [0.717, 1.165) is 40.4 Å². The lowest BCUT2D eigenvalue weighted by Crippen LogP contribution is -2.39. The molecule has 0 aromatic heterocycles. The van der Waals surface area contributed by atoms with Crippen molar-refractivity contribution in [1.29, 1.82) is 0 Å². The van der Waals surface area contributed by atoms with Crippen molar-refractivity contribution in [3.8, 4) is 11.5 Å². The number of phenols is 1. The molecule has 0 spiro atoms. The van der Waals surface area contributed by atoms with Crippen molar-refractivity contribution in [2.24, 2.45) is 0 Å².